The molecule has 0 radical (unpaired) electrons. The first-order valence-corrected chi connectivity index (χ1v) is 10.3. The average molecular weight is 334 g/mol. The van der Waals surface area contributed by atoms with Gasteiger partial charge in [-0.1, -0.05) is 0 Å². The third kappa shape index (κ3) is 3.50. The van der Waals surface area contributed by atoms with Gasteiger partial charge in [-0.05, 0) is 89.3 Å². The Bertz CT molecular complexity index is 436. The van der Waals surface area contributed by atoms with Crippen LogP contribution in [0.5, 0.6) is 0 Å². The Labute approximate surface area is 147 Å². The quantitative estimate of drug-likeness (QED) is 0.838. The van der Waals surface area contributed by atoms with Crippen LogP contribution in [0.1, 0.15) is 44.9 Å². The summed E-state index contributed by atoms with van der Waals surface area (Å²) in [4.78, 5) is 17.7. The van der Waals surface area contributed by atoms with Gasteiger partial charge in [0.15, 0.2) is 0 Å². The van der Waals surface area contributed by atoms with Gasteiger partial charge in [-0.3, -0.25) is 4.79 Å². The third-order valence-corrected chi connectivity index (χ3v) is 7.28. The fraction of sp³-hybridized carbons (Fsp3) is 0.950. The van der Waals surface area contributed by atoms with Crippen molar-refractivity contribution in [2.75, 3.05) is 40.3 Å². The Balaban J connectivity index is 1.31. The van der Waals surface area contributed by atoms with E-state index in [0.29, 0.717) is 11.9 Å². The molecule has 5 fully saturated rings. The van der Waals surface area contributed by atoms with Crippen LogP contribution in [0.2, 0.25) is 0 Å². The summed E-state index contributed by atoms with van der Waals surface area (Å²) in [5.74, 6) is 4.13. The van der Waals surface area contributed by atoms with E-state index in [1.54, 1.807) is 0 Å². The minimum absolute atomic E-state index is 0.220. The normalized spacial score (nSPS) is 41.8. The molecule has 5 aliphatic rings. The molecule has 0 aromatic heterocycles. The van der Waals surface area contributed by atoms with E-state index in [1.165, 1.54) is 38.5 Å². The number of rotatable bonds is 5. The third-order valence-electron chi connectivity index (χ3n) is 7.28. The van der Waals surface area contributed by atoms with E-state index in [4.69, 9.17) is 0 Å². The second-order valence-corrected chi connectivity index (χ2v) is 9.41. The van der Waals surface area contributed by atoms with Gasteiger partial charge < -0.3 is 15.1 Å². The van der Waals surface area contributed by atoms with Crippen LogP contribution in [0.3, 0.4) is 0 Å². The number of likely N-dealkylation sites (tertiary alicyclic amines) is 1. The highest BCUT2D eigenvalue weighted by atomic mass is 16.2. The lowest BCUT2D eigenvalue weighted by atomic mass is 9.54. The van der Waals surface area contributed by atoms with Crippen LogP contribution in [-0.2, 0) is 4.79 Å². The number of piperidine rings is 1. The number of carbonyl (C=O) groups is 1. The van der Waals surface area contributed by atoms with E-state index in [-0.39, 0.29) is 5.92 Å². The molecule has 4 heteroatoms. The molecule has 1 atom stereocenters. The van der Waals surface area contributed by atoms with Crippen molar-refractivity contribution in [2.45, 2.75) is 51.0 Å². The Morgan fingerprint density at radius 1 is 1.08 bits per heavy atom. The van der Waals surface area contributed by atoms with E-state index < -0.39 is 0 Å². The molecule has 4 saturated carbocycles. The van der Waals surface area contributed by atoms with E-state index >= 15 is 0 Å². The molecule has 0 aromatic carbocycles. The van der Waals surface area contributed by atoms with Crippen molar-refractivity contribution >= 4 is 5.91 Å². The Kier molecular flexibility index (Phi) is 4.88. The number of hydrogen-bond acceptors (Lipinski definition) is 3. The van der Waals surface area contributed by atoms with Crippen LogP contribution in [0.15, 0.2) is 0 Å². The molecule has 4 bridgehead atoms. The molecular weight excluding hydrogens is 298 g/mol. The van der Waals surface area contributed by atoms with E-state index in [9.17, 15) is 4.79 Å². The van der Waals surface area contributed by atoms with Crippen LogP contribution >= 0.6 is 0 Å². The van der Waals surface area contributed by atoms with Gasteiger partial charge in [0.1, 0.15) is 0 Å². The van der Waals surface area contributed by atoms with Crippen molar-refractivity contribution in [3.05, 3.63) is 0 Å². The van der Waals surface area contributed by atoms with Gasteiger partial charge >= 0.3 is 0 Å². The largest absolute Gasteiger partial charge is 0.353 e. The zero-order chi connectivity index (χ0) is 16.7. The lowest BCUT2D eigenvalue weighted by Gasteiger charge is -2.54. The summed E-state index contributed by atoms with van der Waals surface area (Å²) < 4.78 is 0. The standard InChI is InChI=1S/C20H35N3O/c1-22(2)6-7-23-5-3-4-16(13-23)20(24)21-19-17-9-14-8-15(11-17)12-18(19)10-14/h14-19H,3-13H2,1-2H3,(H,21,24)/t14?,15?,16-,17?,18?,19?/m0/s1. The maximum atomic E-state index is 12.9. The summed E-state index contributed by atoms with van der Waals surface area (Å²) in [5.41, 5.74) is 0. The van der Waals surface area contributed by atoms with Gasteiger partial charge in [0.2, 0.25) is 5.91 Å². The van der Waals surface area contributed by atoms with E-state index in [0.717, 1.165) is 56.3 Å². The molecule has 4 aliphatic carbocycles. The SMILES string of the molecule is CN(C)CCN1CCC[C@H](C(=O)NC2C3CC4CC(C3)CC2C4)C1. The lowest BCUT2D eigenvalue weighted by Crippen LogP contribution is -2.57. The van der Waals surface area contributed by atoms with Crippen LogP contribution in [0, 0.1) is 29.6 Å². The van der Waals surface area contributed by atoms with Crippen LogP contribution < -0.4 is 5.32 Å². The molecule has 0 unspecified atom stereocenters. The van der Waals surface area contributed by atoms with Gasteiger partial charge in [0, 0.05) is 25.7 Å². The highest BCUT2D eigenvalue weighted by Gasteiger charge is 2.48. The predicted octanol–water partition coefficient (Wildman–Crippen LogP) is 2.20. The fourth-order valence-electron chi connectivity index (χ4n) is 6.26. The molecular formula is C20H35N3O. The van der Waals surface area contributed by atoms with E-state index in [1.807, 2.05) is 0 Å². The predicted molar refractivity (Wildman–Crippen MR) is 96.7 cm³/mol. The molecule has 1 amide bonds. The average Bonchev–Trinajstić information content (AvgIpc) is 2.55. The first-order valence-electron chi connectivity index (χ1n) is 10.3. The van der Waals surface area contributed by atoms with Crippen LogP contribution in [-0.4, -0.2) is 62.0 Å². The van der Waals surface area contributed by atoms with Crippen LogP contribution in [0.4, 0.5) is 0 Å². The van der Waals surface area contributed by atoms with Crippen molar-refractivity contribution in [2.24, 2.45) is 29.6 Å². The van der Waals surface area contributed by atoms with Crippen molar-refractivity contribution in [1.29, 1.82) is 0 Å². The maximum absolute atomic E-state index is 12.9. The Morgan fingerprint density at radius 3 is 2.38 bits per heavy atom. The Morgan fingerprint density at radius 2 is 1.75 bits per heavy atom. The highest BCUT2D eigenvalue weighted by molar-refractivity contribution is 5.79. The Hall–Kier alpha value is -0.610. The number of nitrogens with zero attached hydrogens (tertiary/aromatic N) is 2. The molecule has 1 N–H and O–H groups in total. The molecule has 1 saturated heterocycles. The van der Waals surface area contributed by atoms with Crippen molar-refractivity contribution in [3.63, 3.8) is 0 Å². The molecule has 4 nitrogen and oxygen atoms in total. The molecule has 136 valence electrons. The summed E-state index contributed by atoms with van der Waals surface area (Å²) >= 11 is 0. The van der Waals surface area contributed by atoms with Gasteiger partial charge in [-0.25, -0.2) is 0 Å². The summed E-state index contributed by atoms with van der Waals surface area (Å²) in [6.07, 6.45) is 9.28. The summed E-state index contributed by atoms with van der Waals surface area (Å²) in [5, 5.41) is 3.54. The van der Waals surface area contributed by atoms with Gasteiger partial charge in [0.25, 0.3) is 0 Å². The second-order valence-electron chi connectivity index (χ2n) is 9.41. The first kappa shape index (κ1) is 16.8. The van der Waals surface area contributed by atoms with Gasteiger partial charge in [-0.15, -0.1) is 0 Å². The molecule has 24 heavy (non-hydrogen) atoms. The smallest absolute Gasteiger partial charge is 0.224 e. The van der Waals surface area contributed by atoms with E-state index in [2.05, 4.69) is 29.2 Å². The first-order chi connectivity index (χ1) is 11.6. The molecule has 1 aliphatic heterocycles. The summed E-state index contributed by atoms with van der Waals surface area (Å²) in [6.45, 7) is 4.31. The highest BCUT2D eigenvalue weighted by Crippen LogP contribution is 2.53. The summed E-state index contributed by atoms with van der Waals surface area (Å²) in [6, 6.07) is 0.502. The van der Waals surface area contributed by atoms with Crippen molar-refractivity contribution < 1.29 is 4.79 Å². The molecule has 1 heterocycles. The number of hydrogen-bond donors (Lipinski definition) is 1. The molecule has 5 rings (SSSR count). The second kappa shape index (κ2) is 6.95. The molecule has 0 spiro atoms. The minimum atomic E-state index is 0.220. The summed E-state index contributed by atoms with van der Waals surface area (Å²) in [7, 11) is 4.25. The fourth-order valence-corrected chi connectivity index (χ4v) is 6.26. The number of amides is 1. The number of nitrogens with one attached hydrogen (secondary N) is 1. The number of carbonyl (C=O) groups excluding carboxylic acids is 1. The topological polar surface area (TPSA) is 35.6 Å². The maximum Gasteiger partial charge on any atom is 0.224 e. The van der Waals surface area contributed by atoms with Crippen molar-refractivity contribution in [3.8, 4) is 0 Å². The van der Waals surface area contributed by atoms with Gasteiger partial charge in [0.05, 0.1) is 5.92 Å². The zero-order valence-corrected chi connectivity index (χ0v) is 15.5. The number of likely N-dealkylation sites (N-methyl/N-ethyl adjacent to an activating group) is 1. The minimum Gasteiger partial charge on any atom is -0.353 e. The zero-order valence-electron chi connectivity index (χ0n) is 15.5. The lowest BCUT2D eigenvalue weighted by molar-refractivity contribution is -0.130. The van der Waals surface area contributed by atoms with Crippen LogP contribution in [0.25, 0.3) is 0 Å². The van der Waals surface area contributed by atoms with Crippen molar-refractivity contribution in [1.82, 2.24) is 15.1 Å². The monoisotopic (exact) mass is 333 g/mol. The molecule has 0 aromatic rings. The van der Waals surface area contributed by atoms with Gasteiger partial charge in [-0.2, -0.15) is 0 Å².